The van der Waals surface area contributed by atoms with E-state index in [9.17, 15) is 19.2 Å². The van der Waals surface area contributed by atoms with Gasteiger partial charge in [0.1, 0.15) is 30.5 Å². The first-order valence-electron chi connectivity index (χ1n) is 6.73. The van der Waals surface area contributed by atoms with Gasteiger partial charge < -0.3 is 4.74 Å². The van der Waals surface area contributed by atoms with Crippen LogP contribution in [-0.4, -0.2) is 36.2 Å². The van der Waals surface area contributed by atoms with Gasteiger partial charge in [-0.25, -0.2) is 4.79 Å². The molecule has 0 saturated heterocycles. The molecule has 21 heavy (non-hydrogen) atoms. The Morgan fingerprint density at radius 1 is 0.905 bits per heavy atom. The van der Waals surface area contributed by atoms with Crippen molar-refractivity contribution in [3.63, 3.8) is 0 Å². The largest absolute Gasteiger partial charge is 0.466 e. The first-order valence-corrected chi connectivity index (χ1v) is 6.73. The van der Waals surface area contributed by atoms with Gasteiger partial charge in [-0.15, -0.1) is 0 Å². The van der Waals surface area contributed by atoms with Crippen molar-refractivity contribution in [2.75, 3.05) is 6.61 Å². The Labute approximate surface area is 124 Å². The predicted octanol–water partition coefficient (Wildman–Crippen LogP) is 1.77. The minimum absolute atomic E-state index is 0.103. The van der Waals surface area contributed by atoms with Crippen molar-refractivity contribution in [2.24, 2.45) is 0 Å². The van der Waals surface area contributed by atoms with Crippen LogP contribution in [0.5, 0.6) is 0 Å². The molecule has 0 bridgehead atoms. The molecule has 0 fully saturated rings. The fourth-order valence-electron chi connectivity index (χ4n) is 0.852. The molecule has 122 valence electrons. The average molecular weight is 304 g/mol. The number of ether oxygens (including phenoxy) is 1. The molecule has 1 atom stereocenters. The summed E-state index contributed by atoms with van der Waals surface area (Å²) in [6.45, 7) is 8.41. The van der Waals surface area contributed by atoms with Gasteiger partial charge in [-0.3, -0.25) is 19.3 Å². The van der Waals surface area contributed by atoms with Crippen LogP contribution in [0, 0.1) is 0 Å². The van der Waals surface area contributed by atoms with Crippen molar-refractivity contribution in [1.29, 1.82) is 0 Å². The molecule has 0 saturated carbocycles. The number of esters is 1. The molecule has 0 aromatic heterocycles. The normalized spacial score (nSPS) is 10.7. The Bertz CT molecular complexity index is 349. The summed E-state index contributed by atoms with van der Waals surface area (Å²) in [6, 6.07) is 0. The second kappa shape index (κ2) is 13.2. The zero-order chi connectivity index (χ0) is 16.8. The Morgan fingerprint density at radius 2 is 1.38 bits per heavy atom. The minimum Gasteiger partial charge on any atom is -0.466 e. The Hall–Kier alpha value is -1.76. The first-order chi connectivity index (χ1) is 9.72. The molecule has 0 N–H and O–H groups in total. The average Bonchev–Trinajstić information content (AvgIpc) is 2.35. The quantitative estimate of drug-likeness (QED) is 0.292. The van der Waals surface area contributed by atoms with E-state index in [1.54, 1.807) is 13.8 Å². The third-order valence-corrected chi connectivity index (χ3v) is 1.97. The van der Waals surface area contributed by atoms with Gasteiger partial charge in [0, 0.05) is 0 Å². The Morgan fingerprint density at radius 3 is 1.76 bits per heavy atom. The molecule has 0 amide bonds. The number of rotatable bonds is 8. The van der Waals surface area contributed by atoms with Crippen LogP contribution in [-0.2, 0) is 33.7 Å². The van der Waals surface area contributed by atoms with Crippen LogP contribution >= 0.6 is 0 Å². The summed E-state index contributed by atoms with van der Waals surface area (Å²) >= 11 is 0. The fraction of sp³-hybridized carbons (Fsp3) is 0.714. The van der Waals surface area contributed by atoms with Gasteiger partial charge in [0.05, 0.1) is 6.61 Å². The smallest absolute Gasteiger partial charge is 0.349 e. The highest BCUT2D eigenvalue weighted by Gasteiger charge is 2.09. The van der Waals surface area contributed by atoms with Crippen LogP contribution < -0.4 is 0 Å². The van der Waals surface area contributed by atoms with Gasteiger partial charge >= 0.3 is 11.9 Å². The summed E-state index contributed by atoms with van der Waals surface area (Å²) in [4.78, 5) is 50.8. The van der Waals surface area contributed by atoms with Crippen molar-refractivity contribution >= 4 is 23.5 Å². The van der Waals surface area contributed by atoms with Gasteiger partial charge in [-0.1, -0.05) is 6.92 Å². The summed E-state index contributed by atoms with van der Waals surface area (Å²) in [5.74, 6) is -1.46. The monoisotopic (exact) mass is 304 g/mol. The van der Waals surface area contributed by atoms with E-state index >= 15 is 0 Å². The lowest BCUT2D eigenvalue weighted by atomic mass is 10.3. The highest BCUT2D eigenvalue weighted by Crippen LogP contribution is 1.98. The zero-order valence-corrected chi connectivity index (χ0v) is 13.3. The number of hydrogen-bond donors (Lipinski definition) is 0. The third-order valence-electron chi connectivity index (χ3n) is 1.97. The maximum atomic E-state index is 10.7. The van der Waals surface area contributed by atoms with Gasteiger partial charge in [-0.05, 0) is 34.1 Å². The molecular weight excluding hydrogens is 280 g/mol. The van der Waals surface area contributed by atoms with Crippen LogP contribution in [0.1, 0.15) is 53.9 Å². The molecule has 0 aromatic carbocycles. The summed E-state index contributed by atoms with van der Waals surface area (Å²) < 4.78 is 4.49. The summed E-state index contributed by atoms with van der Waals surface area (Å²) in [6.07, 6.45) is 0.304. The number of ketones is 2. The fourth-order valence-corrected chi connectivity index (χ4v) is 0.852. The molecule has 0 heterocycles. The van der Waals surface area contributed by atoms with Crippen LogP contribution in [0.2, 0.25) is 0 Å². The highest BCUT2D eigenvalue weighted by molar-refractivity contribution is 5.94. The van der Waals surface area contributed by atoms with E-state index in [1.165, 1.54) is 13.8 Å². The van der Waals surface area contributed by atoms with Gasteiger partial charge in [0.15, 0.2) is 0 Å². The zero-order valence-electron chi connectivity index (χ0n) is 13.3. The second-order valence-corrected chi connectivity index (χ2v) is 4.33. The van der Waals surface area contributed by atoms with E-state index in [0.717, 1.165) is 6.42 Å². The third kappa shape index (κ3) is 18.2. The van der Waals surface area contributed by atoms with E-state index in [0.29, 0.717) is 6.61 Å². The van der Waals surface area contributed by atoms with E-state index in [1.807, 2.05) is 6.92 Å². The van der Waals surface area contributed by atoms with Crippen LogP contribution in [0.4, 0.5) is 0 Å². The number of carbonyl (C=O) groups is 4. The number of carbonyl (C=O) groups excluding carboxylic acids is 4. The summed E-state index contributed by atoms with van der Waals surface area (Å²) in [5, 5.41) is 0. The van der Waals surface area contributed by atoms with E-state index in [-0.39, 0.29) is 30.5 Å². The van der Waals surface area contributed by atoms with Crippen LogP contribution in [0.15, 0.2) is 0 Å². The topological polar surface area (TPSA) is 96.0 Å². The molecular formula is C14H24O7. The molecule has 0 spiro atoms. The first kappa shape index (κ1) is 21.5. The molecule has 7 heteroatoms. The van der Waals surface area contributed by atoms with Crippen molar-refractivity contribution in [1.82, 2.24) is 0 Å². The van der Waals surface area contributed by atoms with Crippen molar-refractivity contribution in [3.8, 4) is 0 Å². The van der Waals surface area contributed by atoms with Crippen molar-refractivity contribution < 1.29 is 33.7 Å². The lowest BCUT2D eigenvalue weighted by molar-refractivity contribution is -0.294. The molecule has 0 rings (SSSR count). The molecule has 0 aliphatic heterocycles. The Balaban J connectivity index is 0. The maximum Gasteiger partial charge on any atom is 0.349 e. The van der Waals surface area contributed by atoms with Crippen LogP contribution in [0.3, 0.4) is 0 Å². The van der Waals surface area contributed by atoms with Gasteiger partial charge in [0.2, 0.25) is 0 Å². The molecule has 7 nitrogen and oxygen atoms in total. The van der Waals surface area contributed by atoms with E-state index in [2.05, 4.69) is 14.5 Å². The van der Waals surface area contributed by atoms with Crippen molar-refractivity contribution in [3.05, 3.63) is 0 Å². The Kier molecular flexibility index (Phi) is 13.6. The summed E-state index contributed by atoms with van der Waals surface area (Å²) in [7, 11) is 0. The number of Topliss-reactive ketones (excluding diaryl/α,β-unsaturated/α-hetero) is 2. The lowest BCUT2D eigenvalue weighted by Crippen LogP contribution is -2.14. The predicted molar refractivity (Wildman–Crippen MR) is 74.2 cm³/mol. The molecule has 0 aliphatic carbocycles. The van der Waals surface area contributed by atoms with Gasteiger partial charge in [-0.2, -0.15) is 4.89 Å². The van der Waals surface area contributed by atoms with Crippen LogP contribution in [0.25, 0.3) is 0 Å². The molecule has 0 radical (unpaired) electrons. The second-order valence-electron chi connectivity index (χ2n) is 4.33. The molecule has 1 unspecified atom stereocenters. The standard InChI is InChI=1S/C8H14O4.C6H10O3/c1-4-7(3)11-12-8(10)5-6(2)9;1-3-9-6(8)4-5(2)7/h7H,4-5H2,1-3H3;3-4H2,1-2H3. The van der Waals surface area contributed by atoms with E-state index in [4.69, 9.17) is 0 Å². The van der Waals surface area contributed by atoms with Gasteiger partial charge in [0.25, 0.3) is 0 Å². The van der Waals surface area contributed by atoms with E-state index < -0.39 is 11.9 Å². The molecule has 0 aromatic rings. The van der Waals surface area contributed by atoms with Crippen molar-refractivity contribution in [2.45, 2.75) is 60.0 Å². The SMILES string of the molecule is CCC(C)OOC(=O)CC(C)=O.CCOC(=O)CC(C)=O. The molecule has 0 aliphatic rings. The lowest BCUT2D eigenvalue weighted by Gasteiger charge is -2.07. The number of hydrogen-bond acceptors (Lipinski definition) is 7. The minimum atomic E-state index is -0.636. The highest BCUT2D eigenvalue weighted by atomic mass is 17.2. The maximum absolute atomic E-state index is 10.7. The summed E-state index contributed by atoms with van der Waals surface area (Å²) in [5.41, 5.74) is 0.